The number of hydrogen-bond donors (Lipinski definition) is 0. The monoisotopic (exact) mass is 476 g/mol. The minimum atomic E-state index is -4.82. The third-order valence-electron chi connectivity index (χ3n) is 5.45. The van der Waals surface area contributed by atoms with Gasteiger partial charge >= 0.3 is 6.36 Å². The Kier molecular flexibility index (Phi) is 6.66. The van der Waals surface area contributed by atoms with Gasteiger partial charge < -0.3 is 14.5 Å². The number of aromatic nitrogens is 2. The number of ketones is 1. The molecule has 1 saturated heterocycles. The molecule has 10 heteroatoms. The summed E-state index contributed by atoms with van der Waals surface area (Å²) < 4.78 is 42.7. The molecular weight excluding hydrogens is 453 g/mol. The van der Waals surface area contributed by atoms with Crippen LogP contribution in [-0.2, 0) is 6.42 Å². The van der Waals surface area contributed by atoms with Gasteiger partial charge in [-0.15, -0.1) is 24.5 Å². The molecule has 3 aromatic rings. The Balaban J connectivity index is 1.56. The van der Waals surface area contributed by atoms with Crippen LogP contribution in [0, 0.1) is 0 Å². The number of rotatable bonds is 6. The predicted octanol–water partition coefficient (Wildman–Crippen LogP) is 4.65. The van der Waals surface area contributed by atoms with Crippen LogP contribution in [0.3, 0.4) is 0 Å². The van der Waals surface area contributed by atoms with E-state index in [9.17, 15) is 18.0 Å². The van der Waals surface area contributed by atoms with Gasteiger partial charge in [0.1, 0.15) is 11.6 Å². The van der Waals surface area contributed by atoms with Crippen molar-refractivity contribution in [3.8, 4) is 17.0 Å². The van der Waals surface area contributed by atoms with E-state index in [2.05, 4.69) is 31.6 Å². The van der Waals surface area contributed by atoms with Crippen molar-refractivity contribution < 1.29 is 22.7 Å². The van der Waals surface area contributed by atoms with E-state index in [1.165, 1.54) is 36.5 Å². The number of Topliss-reactive ketones (excluding diaryl/α,β-unsaturated/α-hetero) is 1. The smallest absolute Gasteiger partial charge is 0.405 e. The van der Waals surface area contributed by atoms with Gasteiger partial charge in [0, 0.05) is 60.9 Å². The molecule has 3 heterocycles. The average molecular weight is 477 g/mol. The maximum atomic E-state index is 12.8. The van der Waals surface area contributed by atoms with E-state index >= 15 is 0 Å². The topological polar surface area (TPSA) is 58.6 Å². The van der Waals surface area contributed by atoms with Gasteiger partial charge in [-0.3, -0.25) is 4.79 Å². The molecule has 0 spiro atoms. The van der Waals surface area contributed by atoms with Crippen molar-refractivity contribution in [2.75, 3.05) is 38.1 Å². The van der Waals surface area contributed by atoms with Gasteiger partial charge in [0.05, 0.1) is 10.7 Å². The molecule has 0 unspecified atom stereocenters. The summed E-state index contributed by atoms with van der Waals surface area (Å²) in [6, 6.07) is 7.80. The molecule has 2 aromatic heterocycles. The van der Waals surface area contributed by atoms with E-state index in [1.54, 1.807) is 6.20 Å². The summed E-state index contributed by atoms with van der Waals surface area (Å²) in [6.07, 6.45) is -2.96. The third-order valence-corrected chi connectivity index (χ3v) is 6.30. The zero-order valence-electron chi connectivity index (χ0n) is 18.2. The standard InChI is InChI=1S/C23H23F3N4O2S/c1-15(31)16-3-4-20(32-23(24,25)26)18(11-16)13-22-28-19(14-33-22)17-5-6-27-21(12-17)30-9-7-29(2)8-10-30/h3-6,11-12,14H,7-10,13H2,1-2H3. The molecule has 6 nitrogen and oxygen atoms in total. The second-order valence-corrected chi connectivity index (χ2v) is 8.87. The zero-order chi connectivity index (χ0) is 23.6. The second kappa shape index (κ2) is 9.48. The third kappa shape index (κ3) is 5.88. The highest BCUT2D eigenvalue weighted by atomic mass is 32.1. The molecule has 1 aliphatic heterocycles. The van der Waals surface area contributed by atoms with Crippen LogP contribution in [0.1, 0.15) is 27.9 Å². The highest BCUT2D eigenvalue weighted by Crippen LogP contribution is 2.31. The maximum Gasteiger partial charge on any atom is 0.573 e. The number of carbonyl (C=O) groups is 1. The average Bonchev–Trinajstić information content (AvgIpc) is 3.23. The Labute approximate surface area is 193 Å². The summed E-state index contributed by atoms with van der Waals surface area (Å²) in [7, 11) is 2.09. The number of alkyl halides is 3. The number of likely N-dealkylation sites (N-methyl/N-ethyl adjacent to an activating group) is 1. The SMILES string of the molecule is CC(=O)c1ccc(OC(F)(F)F)c(Cc2nc(-c3ccnc(N4CCN(C)CC4)c3)cs2)c1. The van der Waals surface area contributed by atoms with Crippen molar-refractivity contribution in [3.05, 3.63) is 58.0 Å². The molecule has 0 N–H and O–H groups in total. The fourth-order valence-electron chi connectivity index (χ4n) is 3.63. The molecular formula is C23H23F3N4O2S. The van der Waals surface area contributed by atoms with Crippen molar-refractivity contribution in [1.82, 2.24) is 14.9 Å². The van der Waals surface area contributed by atoms with Crippen molar-refractivity contribution >= 4 is 22.9 Å². The number of carbonyl (C=O) groups excluding carboxylic acids is 1. The first-order valence-corrected chi connectivity index (χ1v) is 11.3. The minimum absolute atomic E-state index is 0.119. The van der Waals surface area contributed by atoms with Crippen molar-refractivity contribution in [1.29, 1.82) is 0 Å². The Hall–Kier alpha value is -2.98. The fourth-order valence-corrected chi connectivity index (χ4v) is 4.46. The number of hydrogen-bond acceptors (Lipinski definition) is 7. The fraction of sp³-hybridized carbons (Fsp3) is 0.348. The molecule has 1 aromatic carbocycles. The number of nitrogens with zero attached hydrogens (tertiary/aromatic N) is 4. The van der Waals surface area contributed by atoms with Crippen LogP contribution in [0.15, 0.2) is 41.9 Å². The molecule has 0 bridgehead atoms. The minimum Gasteiger partial charge on any atom is -0.405 e. The normalized spacial score (nSPS) is 15.0. The van der Waals surface area contributed by atoms with Crippen LogP contribution in [0.5, 0.6) is 5.75 Å². The summed E-state index contributed by atoms with van der Waals surface area (Å²) >= 11 is 1.35. The molecule has 4 rings (SSSR count). The second-order valence-electron chi connectivity index (χ2n) is 7.92. The number of piperazine rings is 1. The molecule has 1 fully saturated rings. The Bertz CT molecular complexity index is 1140. The van der Waals surface area contributed by atoms with Crippen LogP contribution >= 0.6 is 11.3 Å². The molecule has 1 aliphatic rings. The van der Waals surface area contributed by atoms with E-state index in [0.717, 1.165) is 43.3 Å². The maximum absolute atomic E-state index is 12.8. The number of thiazole rings is 1. The van der Waals surface area contributed by atoms with E-state index < -0.39 is 6.36 Å². The molecule has 0 aliphatic carbocycles. The zero-order valence-corrected chi connectivity index (χ0v) is 19.0. The van der Waals surface area contributed by atoms with Crippen molar-refractivity contribution in [3.63, 3.8) is 0 Å². The van der Waals surface area contributed by atoms with Crippen LogP contribution in [-0.4, -0.2) is 60.2 Å². The number of halogens is 3. The van der Waals surface area contributed by atoms with E-state index in [0.29, 0.717) is 10.6 Å². The molecule has 0 atom stereocenters. The first-order chi connectivity index (χ1) is 15.7. The van der Waals surface area contributed by atoms with Gasteiger partial charge in [0.25, 0.3) is 0 Å². The quantitative estimate of drug-likeness (QED) is 0.483. The van der Waals surface area contributed by atoms with Gasteiger partial charge in [-0.25, -0.2) is 9.97 Å². The number of anilines is 1. The van der Waals surface area contributed by atoms with Crippen molar-refractivity contribution in [2.24, 2.45) is 0 Å². The summed E-state index contributed by atoms with van der Waals surface area (Å²) in [4.78, 5) is 25.3. The van der Waals surface area contributed by atoms with Crippen LogP contribution in [0.4, 0.5) is 19.0 Å². The van der Waals surface area contributed by atoms with Gasteiger partial charge in [0.2, 0.25) is 0 Å². The van der Waals surface area contributed by atoms with Crippen LogP contribution in [0.25, 0.3) is 11.3 Å². The van der Waals surface area contributed by atoms with Gasteiger partial charge in [-0.05, 0) is 44.3 Å². The van der Waals surface area contributed by atoms with Crippen LogP contribution in [0.2, 0.25) is 0 Å². The summed E-state index contributed by atoms with van der Waals surface area (Å²) in [5.74, 6) is 0.318. The molecule has 174 valence electrons. The van der Waals surface area contributed by atoms with Crippen LogP contribution < -0.4 is 9.64 Å². The lowest BCUT2D eigenvalue weighted by Crippen LogP contribution is -2.44. The lowest BCUT2D eigenvalue weighted by molar-refractivity contribution is -0.274. The number of pyridine rings is 1. The first kappa shape index (κ1) is 23.2. The first-order valence-electron chi connectivity index (χ1n) is 10.4. The Morgan fingerprint density at radius 2 is 1.91 bits per heavy atom. The number of benzene rings is 1. The van der Waals surface area contributed by atoms with E-state index in [1.807, 2.05) is 17.5 Å². The van der Waals surface area contributed by atoms with Crippen molar-refractivity contribution in [2.45, 2.75) is 19.7 Å². The largest absolute Gasteiger partial charge is 0.573 e. The number of ether oxygens (including phenoxy) is 1. The highest BCUT2D eigenvalue weighted by Gasteiger charge is 2.32. The molecule has 0 amide bonds. The summed E-state index contributed by atoms with van der Waals surface area (Å²) in [6.45, 7) is 5.09. The summed E-state index contributed by atoms with van der Waals surface area (Å²) in [5.41, 5.74) is 2.20. The van der Waals surface area contributed by atoms with Gasteiger partial charge in [0.15, 0.2) is 5.78 Å². The van der Waals surface area contributed by atoms with Gasteiger partial charge in [-0.2, -0.15) is 0 Å². The van der Waals surface area contributed by atoms with E-state index in [4.69, 9.17) is 0 Å². The Morgan fingerprint density at radius 3 is 2.61 bits per heavy atom. The Morgan fingerprint density at radius 1 is 1.15 bits per heavy atom. The summed E-state index contributed by atoms with van der Waals surface area (Å²) in [5, 5.41) is 2.49. The predicted molar refractivity (Wildman–Crippen MR) is 121 cm³/mol. The van der Waals surface area contributed by atoms with Gasteiger partial charge in [-0.1, -0.05) is 0 Å². The highest BCUT2D eigenvalue weighted by molar-refractivity contribution is 7.10. The molecule has 0 radical (unpaired) electrons. The lowest BCUT2D eigenvalue weighted by atomic mass is 10.0. The molecule has 33 heavy (non-hydrogen) atoms. The van der Waals surface area contributed by atoms with E-state index in [-0.39, 0.29) is 23.5 Å². The lowest BCUT2D eigenvalue weighted by Gasteiger charge is -2.33. The molecule has 0 saturated carbocycles.